The molecule has 150 valence electrons. The summed E-state index contributed by atoms with van der Waals surface area (Å²) >= 11 is 6.38. The Labute approximate surface area is 167 Å². The molecule has 0 spiro atoms. The highest BCUT2D eigenvalue weighted by atomic mass is 35.5. The minimum absolute atomic E-state index is 0.175. The van der Waals surface area contributed by atoms with Crippen molar-refractivity contribution in [3.63, 3.8) is 0 Å². The molecule has 0 bridgehead atoms. The van der Waals surface area contributed by atoms with Crippen LogP contribution >= 0.6 is 11.6 Å². The van der Waals surface area contributed by atoms with Crippen LogP contribution in [0.3, 0.4) is 0 Å². The van der Waals surface area contributed by atoms with E-state index in [1.807, 2.05) is 25.2 Å². The number of guanidine groups is 1. The molecule has 2 fully saturated rings. The quantitative estimate of drug-likeness (QED) is 0.594. The van der Waals surface area contributed by atoms with Crippen LogP contribution in [0.1, 0.15) is 25.7 Å². The van der Waals surface area contributed by atoms with Crippen LogP contribution in [0, 0.1) is 0 Å². The summed E-state index contributed by atoms with van der Waals surface area (Å²) in [5, 5.41) is 7.84. The van der Waals surface area contributed by atoms with E-state index < -0.39 is 0 Å². The predicted octanol–water partition coefficient (Wildman–Crippen LogP) is 2.67. The van der Waals surface area contributed by atoms with Gasteiger partial charge in [-0.05, 0) is 25.0 Å². The molecular formula is C20H31ClN4O2. The Morgan fingerprint density at radius 2 is 2.15 bits per heavy atom. The molecule has 0 amide bonds. The van der Waals surface area contributed by atoms with Crippen molar-refractivity contribution in [2.24, 2.45) is 4.99 Å². The van der Waals surface area contributed by atoms with Gasteiger partial charge in [0.25, 0.3) is 0 Å². The van der Waals surface area contributed by atoms with Gasteiger partial charge in [-0.25, -0.2) is 0 Å². The molecule has 1 atom stereocenters. The lowest BCUT2D eigenvalue weighted by Crippen LogP contribution is -2.55. The van der Waals surface area contributed by atoms with E-state index in [2.05, 4.69) is 26.6 Å². The second-order valence-electron chi connectivity index (χ2n) is 7.31. The van der Waals surface area contributed by atoms with Gasteiger partial charge in [0.05, 0.1) is 16.3 Å². The first-order chi connectivity index (χ1) is 13.2. The molecule has 2 saturated heterocycles. The number of nitrogens with zero attached hydrogens (tertiary/aromatic N) is 2. The van der Waals surface area contributed by atoms with E-state index in [0.29, 0.717) is 6.04 Å². The van der Waals surface area contributed by atoms with E-state index in [-0.39, 0.29) is 5.60 Å². The number of para-hydroxylation sites is 1. The van der Waals surface area contributed by atoms with Gasteiger partial charge in [0.2, 0.25) is 0 Å². The molecule has 2 N–H and O–H groups in total. The first-order valence-corrected chi connectivity index (χ1v) is 10.1. The van der Waals surface area contributed by atoms with Gasteiger partial charge in [-0.2, -0.15) is 0 Å². The average Bonchev–Trinajstić information content (AvgIpc) is 2.72. The second kappa shape index (κ2) is 9.62. The summed E-state index contributed by atoms with van der Waals surface area (Å²) in [6.07, 6.45) is 4.04. The van der Waals surface area contributed by atoms with E-state index >= 15 is 0 Å². The molecule has 1 unspecified atom stereocenters. The Hall–Kier alpha value is -1.50. The lowest BCUT2D eigenvalue weighted by molar-refractivity contribution is -0.0855. The summed E-state index contributed by atoms with van der Waals surface area (Å²) in [6, 6.07) is 8.38. The zero-order valence-electron chi connectivity index (χ0n) is 16.3. The SMILES string of the molecule is CN=C(NCC1(OC)CCOCC1)NC1CCCN(c2ccccc2Cl)C1. The third kappa shape index (κ3) is 5.27. The number of benzene rings is 1. The smallest absolute Gasteiger partial charge is 0.191 e. The normalized spacial score (nSPS) is 23.1. The first-order valence-electron chi connectivity index (χ1n) is 9.75. The van der Waals surface area contributed by atoms with Gasteiger partial charge in [-0.3, -0.25) is 4.99 Å². The first kappa shape index (κ1) is 20.2. The van der Waals surface area contributed by atoms with E-state index in [4.69, 9.17) is 21.1 Å². The highest BCUT2D eigenvalue weighted by molar-refractivity contribution is 6.33. The van der Waals surface area contributed by atoms with Crippen LogP contribution in [0.2, 0.25) is 5.02 Å². The van der Waals surface area contributed by atoms with Gasteiger partial charge < -0.3 is 25.0 Å². The Balaban J connectivity index is 1.55. The van der Waals surface area contributed by atoms with Gasteiger partial charge in [-0.15, -0.1) is 0 Å². The van der Waals surface area contributed by atoms with E-state index in [0.717, 1.165) is 75.2 Å². The third-order valence-corrected chi connectivity index (χ3v) is 5.91. The van der Waals surface area contributed by atoms with Crippen LogP contribution in [0.25, 0.3) is 0 Å². The number of aliphatic imine (C=N–C) groups is 1. The van der Waals surface area contributed by atoms with Crippen molar-refractivity contribution < 1.29 is 9.47 Å². The Morgan fingerprint density at radius 1 is 1.37 bits per heavy atom. The molecule has 1 aromatic rings. The number of piperidine rings is 1. The number of ether oxygens (including phenoxy) is 2. The minimum atomic E-state index is -0.175. The standard InChI is InChI=1S/C20H31ClN4O2/c1-22-19(23-15-20(26-2)9-12-27-13-10-20)24-16-6-5-11-25(14-16)18-8-4-3-7-17(18)21/h3-4,7-8,16H,5-6,9-15H2,1-2H3,(H2,22,23,24). The third-order valence-electron chi connectivity index (χ3n) is 5.59. The summed E-state index contributed by atoms with van der Waals surface area (Å²) < 4.78 is 11.3. The van der Waals surface area contributed by atoms with E-state index in [1.54, 1.807) is 7.11 Å². The van der Waals surface area contributed by atoms with Gasteiger partial charge in [0.15, 0.2) is 5.96 Å². The lowest BCUT2D eigenvalue weighted by atomic mass is 9.94. The summed E-state index contributed by atoms with van der Waals surface area (Å²) in [6.45, 7) is 4.16. The Morgan fingerprint density at radius 3 is 2.85 bits per heavy atom. The van der Waals surface area contributed by atoms with E-state index in [1.165, 1.54) is 0 Å². The van der Waals surface area contributed by atoms with Gasteiger partial charge >= 0.3 is 0 Å². The van der Waals surface area contributed by atoms with Crippen LogP contribution in [-0.2, 0) is 9.47 Å². The summed E-state index contributed by atoms with van der Waals surface area (Å²) in [5.41, 5.74) is 0.931. The van der Waals surface area contributed by atoms with Crippen LogP contribution in [0.15, 0.2) is 29.3 Å². The Bertz CT molecular complexity index is 634. The molecule has 1 aromatic carbocycles. The van der Waals surface area contributed by atoms with E-state index in [9.17, 15) is 0 Å². The predicted molar refractivity (Wildman–Crippen MR) is 111 cm³/mol. The highest BCUT2D eigenvalue weighted by Crippen LogP contribution is 2.28. The molecule has 3 rings (SSSR count). The topological polar surface area (TPSA) is 58.1 Å². The molecule has 0 saturated carbocycles. The van der Waals surface area contributed by atoms with Crippen molar-refractivity contribution in [3.05, 3.63) is 29.3 Å². The number of rotatable bonds is 5. The molecule has 0 aliphatic carbocycles. The van der Waals surface area contributed by atoms with Crippen LogP contribution in [0.5, 0.6) is 0 Å². The van der Waals surface area contributed by atoms with Gasteiger partial charge in [0, 0.05) is 65.9 Å². The molecule has 7 heteroatoms. The largest absolute Gasteiger partial charge is 0.381 e. The highest BCUT2D eigenvalue weighted by Gasteiger charge is 2.33. The van der Waals surface area contributed by atoms with Crippen molar-refractivity contribution in [1.82, 2.24) is 10.6 Å². The van der Waals surface area contributed by atoms with Crippen LogP contribution in [0.4, 0.5) is 5.69 Å². The van der Waals surface area contributed by atoms with Crippen molar-refractivity contribution in [1.29, 1.82) is 0 Å². The number of nitrogens with one attached hydrogen (secondary N) is 2. The maximum absolute atomic E-state index is 6.38. The number of anilines is 1. The maximum atomic E-state index is 6.38. The number of hydrogen-bond acceptors (Lipinski definition) is 4. The van der Waals surface area contributed by atoms with Crippen LogP contribution < -0.4 is 15.5 Å². The molecule has 2 heterocycles. The second-order valence-corrected chi connectivity index (χ2v) is 7.71. The number of halogens is 1. The van der Waals surface area contributed by atoms with Gasteiger partial charge in [0.1, 0.15) is 0 Å². The summed E-state index contributed by atoms with van der Waals surface area (Å²) in [4.78, 5) is 6.76. The fourth-order valence-electron chi connectivity index (χ4n) is 3.85. The Kier molecular flexibility index (Phi) is 7.21. The number of methoxy groups -OCH3 is 1. The maximum Gasteiger partial charge on any atom is 0.191 e. The lowest BCUT2D eigenvalue weighted by Gasteiger charge is -2.38. The van der Waals surface area contributed by atoms with Crippen molar-refractivity contribution in [3.8, 4) is 0 Å². The molecule has 2 aliphatic heterocycles. The molecular weight excluding hydrogens is 364 g/mol. The molecule has 27 heavy (non-hydrogen) atoms. The van der Waals surface area contributed by atoms with Gasteiger partial charge in [-0.1, -0.05) is 23.7 Å². The van der Waals surface area contributed by atoms with Crippen molar-refractivity contribution in [2.45, 2.75) is 37.3 Å². The molecule has 0 radical (unpaired) electrons. The minimum Gasteiger partial charge on any atom is -0.381 e. The van der Waals surface area contributed by atoms with Crippen LogP contribution in [-0.4, -0.2) is 64.6 Å². The molecule has 6 nitrogen and oxygen atoms in total. The average molecular weight is 395 g/mol. The molecule has 2 aliphatic rings. The summed E-state index contributed by atoms with van der Waals surface area (Å²) in [7, 11) is 3.60. The van der Waals surface area contributed by atoms with Crippen molar-refractivity contribution in [2.75, 3.05) is 51.9 Å². The zero-order chi connectivity index (χ0) is 19.1. The monoisotopic (exact) mass is 394 g/mol. The fraction of sp³-hybridized carbons (Fsp3) is 0.650. The summed E-state index contributed by atoms with van der Waals surface area (Å²) in [5.74, 6) is 0.823. The fourth-order valence-corrected chi connectivity index (χ4v) is 4.11. The molecule has 0 aromatic heterocycles. The van der Waals surface area contributed by atoms with Crippen molar-refractivity contribution >= 4 is 23.2 Å². The number of hydrogen-bond donors (Lipinski definition) is 2. The zero-order valence-corrected chi connectivity index (χ0v) is 17.1.